The molecule has 1 aliphatic rings. The summed E-state index contributed by atoms with van der Waals surface area (Å²) in [5.41, 5.74) is 0. The van der Waals surface area contributed by atoms with Gasteiger partial charge in [-0.2, -0.15) is 17.4 Å². The van der Waals surface area contributed by atoms with E-state index < -0.39 is 22.7 Å². The Morgan fingerprint density at radius 1 is 1.56 bits per heavy atom. The number of hydrogen-bond donors (Lipinski definition) is 2. The van der Waals surface area contributed by atoms with E-state index in [1.165, 1.54) is 7.11 Å². The topological polar surface area (TPSA) is 95.9 Å². The molecule has 0 aromatic rings. The number of aliphatic carboxylic acids is 1. The average Bonchev–Trinajstić information content (AvgIpc) is 2.97. The number of carboxylic acids is 1. The highest BCUT2D eigenvalue weighted by Crippen LogP contribution is 2.28. The van der Waals surface area contributed by atoms with Crippen molar-refractivity contribution in [3.63, 3.8) is 0 Å². The van der Waals surface area contributed by atoms with Crippen molar-refractivity contribution in [3.05, 3.63) is 0 Å². The lowest BCUT2D eigenvalue weighted by atomic mass is 10.6. The molecule has 0 heterocycles. The third-order valence-corrected chi connectivity index (χ3v) is 3.76. The molecule has 1 saturated carbocycles. The monoisotopic (exact) mass is 252 g/mol. The maximum absolute atomic E-state index is 11.7. The standard InChI is InChI=1S/C8H16N2O5S/c1-15-5-4-9-16(13,14)10(6-8(11)12)7-2-3-7/h7,9H,2-6H2,1H3,(H,11,12). The zero-order valence-corrected chi connectivity index (χ0v) is 9.87. The van der Waals surface area contributed by atoms with Crippen molar-refractivity contribution in [3.8, 4) is 0 Å². The van der Waals surface area contributed by atoms with Crippen molar-refractivity contribution < 1.29 is 23.1 Å². The largest absolute Gasteiger partial charge is 0.480 e. The molecule has 0 aromatic carbocycles. The summed E-state index contributed by atoms with van der Waals surface area (Å²) in [6, 6.07) is -0.170. The van der Waals surface area contributed by atoms with Gasteiger partial charge in [-0.1, -0.05) is 0 Å². The maximum Gasteiger partial charge on any atom is 0.318 e. The number of hydrogen-bond acceptors (Lipinski definition) is 4. The van der Waals surface area contributed by atoms with Gasteiger partial charge in [-0.3, -0.25) is 4.79 Å². The Bertz CT molecular complexity index is 338. The van der Waals surface area contributed by atoms with Crippen LogP contribution in [0.4, 0.5) is 0 Å². The van der Waals surface area contributed by atoms with Crippen LogP contribution in [0.2, 0.25) is 0 Å². The molecular weight excluding hydrogens is 236 g/mol. The number of nitrogens with one attached hydrogen (secondary N) is 1. The fourth-order valence-corrected chi connectivity index (χ4v) is 2.65. The molecule has 94 valence electrons. The minimum atomic E-state index is -3.70. The molecule has 7 nitrogen and oxygen atoms in total. The predicted molar refractivity (Wildman–Crippen MR) is 56.2 cm³/mol. The van der Waals surface area contributed by atoms with Gasteiger partial charge >= 0.3 is 5.97 Å². The summed E-state index contributed by atoms with van der Waals surface area (Å²) in [6.07, 6.45) is 1.44. The molecule has 1 aliphatic carbocycles. The number of rotatable bonds is 8. The van der Waals surface area contributed by atoms with Gasteiger partial charge in [0.25, 0.3) is 10.2 Å². The fraction of sp³-hybridized carbons (Fsp3) is 0.875. The molecule has 8 heteroatoms. The van der Waals surface area contributed by atoms with Gasteiger partial charge in [-0.05, 0) is 12.8 Å². The van der Waals surface area contributed by atoms with Crippen LogP contribution in [-0.4, -0.2) is 56.6 Å². The van der Waals surface area contributed by atoms with E-state index in [2.05, 4.69) is 4.72 Å². The van der Waals surface area contributed by atoms with Gasteiger partial charge in [0.1, 0.15) is 6.54 Å². The van der Waals surface area contributed by atoms with Crippen LogP contribution in [0, 0.1) is 0 Å². The smallest absolute Gasteiger partial charge is 0.318 e. The zero-order valence-electron chi connectivity index (χ0n) is 9.05. The lowest BCUT2D eigenvalue weighted by Crippen LogP contribution is -2.45. The van der Waals surface area contributed by atoms with Crippen molar-refractivity contribution >= 4 is 16.2 Å². The first kappa shape index (κ1) is 13.4. The minimum absolute atomic E-state index is 0.141. The normalized spacial score (nSPS) is 16.6. The predicted octanol–water partition coefficient (Wildman–Crippen LogP) is -0.984. The average molecular weight is 252 g/mol. The number of carbonyl (C=O) groups is 1. The molecule has 0 radical (unpaired) electrons. The van der Waals surface area contributed by atoms with E-state index in [9.17, 15) is 13.2 Å². The van der Waals surface area contributed by atoms with E-state index in [0.29, 0.717) is 0 Å². The number of nitrogens with zero attached hydrogens (tertiary/aromatic N) is 1. The van der Waals surface area contributed by atoms with E-state index in [1.807, 2.05) is 0 Å². The second-order valence-corrected chi connectivity index (χ2v) is 5.27. The van der Waals surface area contributed by atoms with E-state index in [0.717, 1.165) is 17.1 Å². The van der Waals surface area contributed by atoms with Crippen molar-refractivity contribution in [1.82, 2.24) is 9.03 Å². The second-order valence-electron chi connectivity index (χ2n) is 3.56. The summed E-state index contributed by atoms with van der Waals surface area (Å²) in [5.74, 6) is -1.15. The summed E-state index contributed by atoms with van der Waals surface area (Å²) < 4.78 is 31.4. The quantitative estimate of drug-likeness (QED) is 0.541. The van der Waals surface area contributed by atoms with Crippen molar-refractivity contribution in [2.45, 2.75) is 18.9 Å². The minimum Gasteiger partial charge on any atom is -0.480 e. The van der Waals surface area contributed by atoms with Gasteiger partial charge in [-0.25, -0.2) is 0 Å². The van der Waals surface area contributed by atoms with Crippen LogP contribution in [0.15, 0.2) is 0 Å². The first-order valence-corrected chi connectivity index (χ1v) is 6.38. The summed E-state index contributed by atoms with van der Waals surface area (Å²) >= 11 is 0. The molecule has 16 heavy (non-hydrogen) atoms. The van der Waals surface area contributed by atoms with Crippen molar-refractivity contribution in [2.75, 3.05) is 26.8 Å². The van der Waals surface area contributed by atoms with Gasteiger partial charge in [0.15, 0.2) is 0 Å². The van der Waals surface area contributed by atoms with Crippen molar-refractivity contribution in [2.24, 2.45) is 0 Å². The fourth-order valence-electron chi connectivity index (χ4n) is 1.26. The third kappa shape index (κ3) is 4.05. The molecule has 0 aromatic heterocycles. The van der Waals surface area contributed by atoms with Crippen LogP contribution in [0.25, 0.3) is 0 Å². The van der Waals surface area contributed by atoms with E-state index in [-0.39, 0.29) is 19.2 Å². The van der Waals surface area contributed by atoms with Gasteiger partial charge in [0, 0.05) is 19.7 Å². The van der Waals surface area contributed by atoms with Crippen LogP contribution < -0.4 is 4.72 Å². The lowest BCUT2D eigenvalue weighted by Gasteiger charge is -2.19. The van der Waals surface area contributed by atoms with Crippen LogP contribution in [0.5, 0.6) is 0 Å². The molecule has 0 amide bonds. The molecular formula is C8H16N2O5S. The molecule has 0 saturated heterocycles. The van der Waals surface area contributed by atoms with Gasteiger partial charge in [-0.15, -0.1) is 0 Å². The highest BCUT2D eigenvalue weighted by atomic mass is 32.2. The molecule has 1 rings (SSSR count). The van der Waals surface area contributed by atoms with Crippen LogP contribution >= 0.6 is 0 Å². The van der Waals surface area contributed by atoms with Gasteiger partial charge in [0.2, 0.25) is 0 Å². The van der Waals surface area contributed by atoms with Gasteiger partial charge in [0.05, 0.1) is 6.61 Å². The molecule has 1 fully saturated rings. The molecule has 0 unspecified atom stereocenters. The Hall–Kier alpha value is -0.700. The molecule has 2 N–H and O–H groups in total. The Labute approximate surface area is 94.6 Å². The van der Waals surface area contributed by atoms with Crippen LogP contribution in [-0.2, 0) is 19.7 Å². The SMILES string of the molecule is COCCNS(=O)(=O)N(CC(=O)O)C1CC1. The Kier molecular flexibility index (Phi) is 4.66. The first-order chi connectivity index (χ1) is 7.47. The summed E-state index contributed by atoms with van der Waals surface area (Å²) in [5, 5.41) is 8.64. The van der Waals surface area contributed by atoms with Gasteiger partial charge < -0.3 is 9.84 Å². The lowest BCUT2D eigenvalue weighted by molar-refractivity contribution is -0.137. The summed E-state index contributed by atoms with van der Waals surface area (Å²) in [7, 11) is -2.24. The van der Waals surface area contributed by atoms with E-state index in [4.69, 9.17) is 9.84 Å². The maximum atomic E-state index is 11.7. The van der Waals surface area contributed by atoms with Crippen LogP contribution in [0.3, 0.4) is 0 Å². The highest BCUT2D eigenvalue weighted by Gasteiger charge is 2.38. The molecule has 0 bridgehead atoms. The first-order valence-electron chi connectivity index (χ1n) is 4.94. The summed E-state index contributed by atoms with van der Waals surface area (Å²) in [4.78, 5) is 10.6. The molecule has 0 aliphatic heterocycles. The van der Waals surface area contributed by atoms with E-state index >= 15 is 0 Å². The second kappa shape index (κ2) is 5.58. The Morgan fingerprint density at radius 2 is 2.19 bits per heavy atom. The Balaban J connectivity index is 2.57. The zero-order chi connectivity index (χ0) is 12.2. The van der Waals surface area contributed by atoms with Crippen LogP contribution in [0.1, 0.15) is 12.8 Å². The number of ether oxygens (including phenoxy) is 1. The van der Waals surface area contributed by atoms with E-state index in [1.54, 1.807) is 0 Å². The number of methoxy groups -OCH3 is 1. The molecule has 0 spiro atoms. The summed E-state index contributed by atoms with van der Waals surface area (Å²) in [6.45, 7) is -0.0978. The number of carboxylic acid groups (broad SMARTS) is 1. The van der Waals surface area contributed by atoms with Crippen molar-refractivity contribution in [1.29, 1.82) is 0 Å². The Morgan fingerprint density at radius 3 is 2.62 bits per heavy atom. The third-order valence-electron chi connectivity index (χ3n) is 2.14. The molecule has 0 atom stereocenters. The highest BCUT2D eigenvalue weighted by molar-refractivity contribution is 7.87.